The highest BCUT2D eigenvalue weighted by Crippen LogP contribution is 2.45. The number of phosphoric acid groups is 2. The van der Waals surface area contributed by atoms with Crippen molar-refractivity contribution in [3.05, 3.63) is 0 Å². The van der Waals surface area contributed by atoms with E-state index in [1.54, 1.807) is 0 Å². The van der Waals surface area contributed by atoms with Gasteiger partial charge >= 0.3 is 39.5 Å². The van der Waals surface area contributed by atoms with E-state index in [0.29, 0.717) is 25.7 Å². The molecule has 0 spiro atoms. The molecule has 0 fully saturated rings. The Morgan fingerprint density at radius 2 is 0.418 bits per heavy atom. The molecule has 0 heterocycles. The number of rotatable bonds is 91. The van der Waals surface area contributed by atoms with Gasteiger partial charge in [-0.2, -0.15) is 0 Å². The van der Waals surface area contributed by atoms with Gasteiger partial charge in [-0.05, 0) is 31.6 Å². The van der Waals surface area contributed by atoms with Crippen molar-refractivity contribution in [1.82, 2.24) is 0 Å². The number of phosphoric ester groups is 2. The first kappa shape index (κ1) is 108. The van der Waals surface area contributed by atoms with Gasteiger partial charge in [0.2, 0.25) is 0 Å². The number of hydrogen-bond acceptors (Lipinski definition) is 15. The molecule has 0 aromatic carbocycles. The Labute approximate surface area is 677 Å². The average molecular weight is 1610 g/mol. The van der Waals surface area contributed by atoms with Crippen LogP contribution in [-0.2, 0) is 65.4 Å². The molecule has 0 radical (unpaired) electrons. The molecule has 5 atom stereocenters. The van der Waals surface area contributed by atoms with E-state index in [1.165, 1.54) is 321 Å². The number of aliphatic hydroxyl groups excluding tert-OH is 1. The Morgan fingerprint density at radius 3 is 0.618 bits per heavy atom. The molecule has 0 amide bonds. The molecule has 0 rings (SSSR count). The van der Waals surface area contributed by atoms with Crippen LogP contribution in [0.1, 0.15) is 497 Å². The Kier molecular flexibility index (Phi) is 82.1. The fourth-order valence-corrected chi connectivity index (χ4v) is 15.9. The predicted octanol–water partition coefficient (Wildman–Crippen LogP) is 28.3. The molecule has 110 heavy (non-hydrogen) atoms. The number of esters is 4. The summed E-state index contributed by atoms with van der Waals surface area (Å²) in [6, 6.07) is 0. The van der Waals surface area contributed by atoms with Crippen molar-refractivity contribution in [2.45, 2.75) is 515 Å². The van der Waals surface area contributed by atoms with Crippen molar-refractivity contribution < 1.29 is 80.2 Å². The smallest absolute Gasteiger partial charge is 0.462 e. The first-order valence-corrected chi connectivity index (χ1v) is 50.1. The van der Waals surface area contributed by atoms with Crippen LogP contribution < -0.4 is 0 Å². The summed E-state index contributed by atoms with van der Waals surface area (Å²) in [5.74, 6) is -1.37. The molecular formula is C91H178O17P2. The lowest BCUT2D eigenvalue weighted by Crippen LogP contribution is -2.30. The van der Waals surface area contributed by atoms with Gasteiger partial charge in [-0.1, -0.05) is 446 Å². The van der Waals surface area contributed by atoms with E-state index in [0.717, 1.165) is 95.8 Å². The van der Waals surface area contributed by atoms with Crippen LogP contribution in [0.15, 0.2) is 0 Å². The van der Waals surface area contributed by atoms with Crippen LogP contribution in [0.5, 0.6) is 0 Å². The van der Waals surface area contributed by atoms with Crippen LogP contribution in [-0.4, -0.2) is 96.7 Å². The fourth-order valence-electron chi connectivity index (χ4n) is 14.4. The van der Waals surface area contributed by atoms with E-state index < -0.39 is 97.5 Å². The van der Waals surface area contributed by atoms with E-state index >= 15 is 0 Å². The van der Waals surface area contributed by atoms with Gasteiger partial charge < -0.3 is 33.8 Å². The van der Waals surface area contributed by atoms with Gasteiger partial charge in [0, 0.05) is 25.7 Å². The van der Waals surface area contributed by atoms with Gasteiger partial charge in [-0.25, -0.2) is 9.13 Å². The van der Waals surface area contributed by atoms with Gasteiger partial charge in [-0.3, -0.25) is 37.3 Å². The van der Waals surface area contributed by atoms with Gasteiger partial charge in [0.15, 0.2) is 12.2 Å². The molecule has 0 aliphatic carbocycles. The Morgan fingerprint density at radius 1 is 0.245 bits per heavy atom. The number of hydrogen-bond donors (Lipinski definition) is 3. The molecule has 2 unspecified atom stereocenters. The zero-order valence-electron chi connectivity index (χ0n) is 72.4. The maximum atomic E-state index is 13.2. The third-order valence-corrected chi connectivity index (χ3v) is 23.4. The van der Waals surface area contributed by atoms with E-state index in [9.17, 15) is 43.2 Å². The van der Waals surface area contributed by atoms with Crippen LogP contribution in [0.4, 0.5) is 0 Å². The third kappa shape index (κ3) is 84.0. The molecule has 0 saturated heterocycles. The third-order valence-electron chi connectivity index (χ3n) is 21.5. The highest BCUT2D eigenvalue weighted by Gasteiger charge is 2.31. The van der Waals surface area contributed by atoms with Crippen molar-refractivity contribution in [3.8, 4) is 0 Å². The second-order valence-electron chi connectivity index (χ2n) is 33.2. The lowest BCUT2D eigenvalue weighted by Gasteiger charge is -2.21. The van der Waals surface area contributed by atoms with Gasteiger partial charge in [-0.15, -0.1) is 0 Å². The number of carbonyl (C=O) groups excluding carboxylic acids is 4. The molecule has 3 N–H and O–H groups in total. The van der Waals surface area contributed by atoms with Crippen molar-refractivity contribution in [1.29, 1.82) is 0 Å². The predicted molar refractivity (Wildman–Crippen MR) is 455 cm³/mol. The van der Waals surface area contributed by atoms with Crippen LogP contribution in [0.25, 0.3) is 0 Å². The van der Waals surface area contributed by atoms with Crippen LogP contribution in [0, 0.1) is 5.92 Å². The van der Waals surface area contributed by atoms with Crippen LogP contribution >= 0.6 is 15.6 Å². The van der Waals surface area contributed by atoms with Gasteiger partial charge in [0.25, 0.3) is 0 Å². The highest BCUT2D eigenvalue weighted by molar-refractivity contribution is 7.47. The van der Waals surface area contributed by atoms with Crippen molar-refractivity contribution in [3.63, 3.8) is 0 Å². The Bertz CT molecular complexity index is 2080. The molecule has 654 valence electrons. The first-order valence-electron chi connectivity index (χ1n) is 47.1. The number of aliphatic hydroxyl groups is 1. The van der Waals surface area contributed by atoms with Crippen molar-refractivity contribution in [2.75, 3.05) is 39.6 Å². The fraction of sp³-hybridized carbons (Fsp3) is 0.956. The van der Waals surface area contributed by atoms with E-state index in [-0.39, 0.29) is 25.7 Å². The summed E-state index contributed by atoms with van der Waals surface area (Å²) >= 11 is 0. The van der Waals surface area contributed by atoms with E-state index in [2.05, 4.69) is 34.6 Å². The standard InChI is InChI=1S/C91H178O17P2/c1-6-9-12-15-18-21-24-27-30-33-35-37-38-40-43-46-49-52-55-62-67-72-76-90(95)107-86(80-101-88(93)74-69-64-59-53-50-47-44-42-39-36-34-31-28-25-22-19-16-13-10-7-2)82-105-109(97,98)103-78-85(92)79-104-110(99,100)106-83-87(81-102-89(94)75-70-65-60-57-56-58-63-68-73-84(4)5)108-91(96)77-71-66-61-54-51-48-45-41-32-29-26-23-20-17-14-11-8-3/h84-87,92H,6-83H2,1-5H3,(H,97,98)(H,99,100)/t85-,86-,87-/m1/s1. The molecule has 0 aliphatic heterocycles. The topological polar surface area (TPSA) is 237 Å². The van der Waals surface area contributed by atoms with Gasteiger partial charge in [0.1, 0.15) is 19.3 Å². The number of carbonyl (C=O) groups is 4. The highest BCUT2D eigenvalue weighted by atomic mass is 31.2. The van der Waals surface area contributed by atoms with E-state index in [1.807, 2.05) is 0 Å². The molecule has 0 aromatic rings. The molecule has 19 heteroatoms. The first-order chi connectivity index (χ1) is 53.5. The second-order valence-corrected chi connectivity index (χ2v) is 36.1. The normalized spacial score (nSPS) is 13.7. The van der Waals surface area contributed by atoms with E-state index in [4.69, 9.17) is 37.0 Å². The monoisotopic (exact) mass is 1610 g/mol. The summed E-state index contributed by atoms with van der Waals surface area (Å²) in [5, 5.41) is 10.7. The maximum Gasteiger partial charge on any atom is 0.472 e. The molecule has 0 aromatic heterocycles. The molecule has 0 saturated carbocycles. The van der Waals surface area contributed by atoms with Crippen molar-refractivity contribution in [2.24, 2.45) is 5.92 Å². The minimum absolute atomic E-state index is 0.108. The Hall–Kier alpha value is -1.94. The summed E-state index contributed by atoms with van der Waals surface area (Å²) in [5.41, 5.74) is 0. The molecule has 0 aliphatic rings. The molecular weight excluding hydrogens is 1430 g/mol. The largest absolute Gasteiger partial charge is 0.472 e. The summed E-state index contributed by atoms with van der Waals surface area (Å²) < 4.78 is 69.1. The minimum atomic E-state index is -4.97. The quantitative estimate of drug-likeness (QED) is 0.0222. The minimum Gasteiger partial charge on any atom is -0.462 e. The molecule has 0 bridgehead atoms. The number of unbranched alkanes of at least 4 members (excludes halogenated alkanes) is 63. The lowest BCUT2D eigenvalue weighted by atomic mass is 10.0. The molecule has 17 nitrogen and oxygen atoms in total. The summed E-state index contributed by atoms with van der Waals surface area (Å²) in [6.07, 6.45) is 79.4. The average Bonchev–Trinajstić information content (AvgIpc) is 0.894. The number of ether oxygens (including phenoxy) is 4. The SMILES string of the molecule is CCCCCCCCCCCCCCCCCCCCCCCCC(=O)O[C@H](COC(=O)CCCCCCCCCCCCCCCCCCCCCC)COP(=O)(O)OC[C@@H](O)COP(=O)(O)OC[C@@H](COC(=O)CCCCCCCCCCC(C)C)OC(=O)CCCCCCCCCCCCCCCCCCC. The summed E-state index contributed by atoms with van der Waals surface area (Å²) in [7, 11) is -9.93. The summed E-state index contributed by atoms with van der Waals surface area (Å²) in [4.78, 5) is 73.4. The van der Waals surface area contributed by atoms with Crippen LogP contribution in [0.3, 0.4) is 0 Å². The lowest BCUT2D eigenvalue weighted by molar-refractivity contribution is -0.161. The van der Waals surface area contributed by atoms with Crippen LogP contribution in [0.2, 0.25) is 0 Å². The maximum absolute atomic E-state index is 13.2. The second kappa shape index (κ2) is 83.5. The van der Waals surface area contributed by atoms with Gasteiger partial charge in [0.05, 0.1) is 26.4 Å². The van der Waals surface area contributed by atoms with Crippen molar-refractivity contribution >= 4 is 39.5 Å². The Balaban J connectivity index is 5.23. The summed E-state index contributed by atoms with van der Waals surface area (Å²) in [6.45, 7) is 7.36. The zero-order chi connectivity index (χ0) is 80.4. The zero-order valence-corrected chi connectivity index (χ0v) is 74.2.